The molecular weight excluding hydrogens is 294 g/mol. The molecule has 0 atom stereocenters. The molecule has 0 radical (unpaired) electrons. The van der Waals surface area contributed by atoms with E-state index in [0.29, 0.717) is 5.69 Å². The third-order valence-corrected chi connectivity index (χ3v) is 2.67. The van der Waals surface area contributed by atoms with E-state index in [1.807, 2.05) is 59.7 Å². The predicted molar refractivity (Wildman–Crippen MR) is 80.1 cm³/mol. The van der Waals surface area contributed by atoms with Crippen molar-refractivity contribution in [2.75, 3.05) is 5.32 Å². The lowest BCUT2D eigenvalue weighted by Gasteiger charge is -2.19. The van der Waals surface area contributed by atoms with E-state index in [0.717, 1.165) is 10.0 Å². The molecule has 0 saturated carbocycles. The SMILES string of the molecule is CC.Cc1ccc(NC(=O)OC(C)(C)C)cc1Br. The number of benzene rings is 1. The Kier molecular flexibility index (Phi) is 6.99. The van der Waals surface area contributed by atoms with Crippen molar-refractivity contribution in [2.24, 2.45) is 0 Å². The minimum atomic E-state index is -0.480. The van der Waals surface area contributed by atoms with Crippen molar-refractivity contribution in [1.29, 1.82) is 0 Å². The highest BCUT2D eigenvalue weighted by Crippen LogP contribution is 2.21. The van der Waals surface area contributed by atoms with Crippen molar-refractivity contribution >= 4 is 27.7 Å². The number of halogens is 1. The van der Waals surface area contributed by atoms with Crippen molar-refractivity contribution in [2.45, 2.75) is 47.1 Å². The molecule has 0 fully saturated rings. The Labute approximate surface area is 118 Å². The van der Waals surface area contributed by atoms with Gasteiger partial charge in [0.05, 0.1) is 0 Å². The highest BCUT2D eigenvalue weighted by atomic mass is 79.9. The van der Waals surface area contributed by atoms with Gasteiger partial charge in [-0.1, -0.05) is 35.8 Å². The fourth-order valence-corrected chi connectivity index (χ4v) is 1.47. The predicted octanol–water partition coefficient (Wildman–Crippen LogP) is 5.13. The molecule has 102 valence electrons. The number of rotatable bonds is 1. The van der Waals surface area contributed by atoms with Gasteiger partial charge in [-0.15, -0.1) is 0 Å². The van der Waals surface area contributed by atoms with Crippen molar-refractivity contribution in [3.05, 3.63) is 28.2 Å². The van der Waals surface area contributed by atoms with Crippen molar-refractivity contribution < 1.29 is 9.53 Å². The van der Waals surface area contributed by atoms with Gasteiger partial charge in [-0.05, 0) is 45.4 Å². The van der Waals surface area contributed by atoms with Crippen molar-refractivity contribution in [3.63, 3.8) is 0 Å². The number of hydrogen-bond donors (Lipinski definition) is 1. The lowest BCUT2D eigenvalue weighted by molar-refractivity contribution is 0.0636. The Balaban J connectivity index is 0.00000137. The Morgan fingerprint density at radius 1 is 1.28 bits per heavy atom. The Morgan fingerprint density at radius 2 is 1.83 bits per heavy atom. The zero-order chi connectivity index (χ0) is 14.3. The molecule has 4 heteroatoms. The number of amides is 1. The summed E-state index contributed by atoms with van der Waals surface area (Å²) in [4.78, 5) is 11.5. The Hall–Kier alpha value is -1.03. The van der Waals surface area contributed by atoms with Crippen LogP contribution in [-0.4, -0.2) is 11.7 Å². The molecule has 0 spiro atoms. The van der Waals surface area contributed by atoms with Crippen molar-refractivity contribution in [1.82, 2.24) is 0 Å². The quantitative estimate of drug-likeness (QED) is 0.780. The molecule has 1 N–H and O–H groups in total. The van der Waals surface area contributed by atoms with Crippen LogP contribution in [0.2, 0.25) is 0 Å². The fraction of sp³-hybridized carbons (Fsp3) is 0.500. The van der Waals surface area contributed by atoms with Crippen LogP contribution in [0.1, 0.15) is 40.2 Å². The summed E-state index contributed by atoms with van der Waals surface area (Å²) in [5.74, 6) is 0. The molecule has 18 heavy (non-hydrogen) atoms. The van der Waals surface area contributed by atoms with E-state index in [9.17, 15) is 4.79 Å². The summed E-state index contributed by atoms with van der Waals surface area (Å²) in [6.07, 6.45) is -0.441. The maximum Gasteiger partial charge on any atom is 0.412 e. The summed E-state index contributed by atoms with van der Waals surface area (Å²) < 4.78 is 6.11. The van der Waals surface area contributed by atoms with E-state index in [1.165, 1.54) is 0 Å². The molecule has 1 amide bonds. The summed E-state index contributed by atoms with van der Waals surface area (Å²) in [7, 11) is 0. The molecule has 0 aromatic heterocycles. The average molecular weight is 316 g/mol. The maximum atomic E-state index is 11.5. The number of carbonyl (C=O) groups excluding carboxylic acids is 1. The molecule has 0 saturated heterocycles. The molecule has 0 bridgehead atoms. The number of anilines is 1. The van der Waals surface area contributed by atoms with Gasteiger partial charge in [-0.25, -0.2) is 4.79 Å². The van der Waals surface area contributed by atoms with Gasteiger partial charge in [-0.2, -0.15) is 0 Å². The number of hydrogen-bond acceptors (Lipinski definition) is 2. The molecule has 0 unspecified atom stereocenters. The molecule has 0 aliphatic rings. The van der Waals surface area contributed by atoms with Crippen LogP contribution in [0.5, 0.6) is 0 Å². The van der Waals surface area contributed by atoms with Gasteiger partial charge in [0, 0.05) is 10.2 Å². The second kappa shape index (κ2) is 7.41. The second-order valence-corrected chi connectivity index (χ2v) is 5.45. The summed E-state index contributed by atoms with van der Waals surface area (Å²) in [6.45, 7) is 11.5. The zero-order valence-electron chi connectivity index (χ0n) is 11.9. The van der Waals surface area contributed by atoms with Crippen molar-refractivity contribution in [3.8, 4) is 0 Å². The summed E-state index contributed by atoms with van der Waals surface area (Å²) in [6, 6.07) is 5.61. The summed E-state index contributed by atoms with van der Waals surface area (Å²) >= 11 is 3.41. The topological polar surface area (TPSA) is 38.3 Å². The Bertz CT molecular complexity index is 397. The Morgan fingerprint density at radius 3 is 2.28 bits per heavy atom. The van der Waals surface area contributed by atoms with E-state index < -0.39 is 11.7 Å². The highest BCUT2D eigenvalue weighted by Gasteiger charge is 2.16. The van der Waals surface area contributed by atoms with Gasteiger partial charge in [0.1, 0.15) is 5.60 Å². The fourth-order valence-electron chi connectivity index (χ4n) is 1.09. The van der Waals surface area contributed by atoms with Crippen LogP contribution >= 0.6 is 15.9 Å². The number of carbonyl (C=O) groups is 1. The maximum absolute atomic E-state index is 11.5. The standard InChI is InChI=1S/C12H16BrNO2.C2H6/c1-8-5-6-9(7-10(8)13)14-11(15)16-12(2,3)4;1-2/h5-7H,1-4H3,(H,14,15);1-2H3. The monoisotopic (exact) mass is 315 g/mol. The molecule has 1 aromatic rings. The van der Waals surface area contributed by atoms with Gasteiger partial charge in [0.2, 0.25) is 0 Å². The van der Waals surface area contributed by atoms with Gasteiger partial charge in [-0.3, -0.25) is 5.32 Å². The normalized spacial score (nSPS) is 10.2. The third-order valence-electron chi connectivity index (χ3n) is 1.82. The third kappa shape index (κ3) is 6.64. The van der Waals surface area contributed by atoms with Crippen LogP contribution in [0.3, 0.4) is 0 Å². The molecule has 3 nitrogen and oxygen atoms in total. The molecule has 0 aliphatic carbocycles. The van der Waals surface area contributed by atoms with E-state index >= 15 is 0 Å². The average Bonchev–Trinajstić information content (AvgIpc) is 2.24. The number of aryl methyl sites for hydroxylation is 1. The summed E-state index contributed by atoms with van der Waals surface area (Å²) in [5.41, 5.74) is 1.35. The molecule has 0 heterocycles. The van der Waals surface area contributed by atoms with E-state index in [4.69, 9.17) is 4.74 Å². The van der Waals surface area contributed by atoms with E-state index in [-0.39, 0.29) is 0 Å². The second-order valence-electron chi connectivity index (χ2n) is 4.59. The first-order chi connectivity index (χ1) is 8.28. The largest absolute Gasteiger partial charge is 0.444 e. The van der Waals surface area contributed by atoms with Crippen LogP contribution < -0.4 is 5.32 Å². The first-order valence-electron chi connectivity index (χ1n) is 6.04. The van der Waals surface area contributed by atoms with Crippen LogP contribution in [0.15, 0.2) is 22.7 Å². The summed E-state index contributed by atoms with van der Waals surface area (Å²) in [5, 5.41) is 2.68. The van der Waals surface area contributed by atoms with Crippen LogP contribution in [0.25, 0.3) is 0 Å². The number of nitrogens with one attached hydrogen (secondary N) is 1. The zero-order valence-corrected chi connectivity index (χ0v) is 13.5. The minimum Gasteiger partial charge on any atom is -0.444 e. The van der Waals surface area contributed by atoms with Gasteiger partial charge < -0.3 is 4.74 Å². The van der Waals surface area contributed by atoms with Crippen LogP contribution in [-0.2, 0) is 4.74 Å². The lowest BCUT2D eigenvalue weighted by atomic mass is 10.2. The van der Waals surface area contributed by atoms with Gasteiger partial charge in [0.25, 0.3) is 0 Å². The smallest absolute Gasteiger partial charge is 0.412 e. The van der Waals surface area contributed by atoms with Crippen LogP contribution in [0, 0.1) is 6.92 Å². The minimum absolute atomic E-state index is 0.441. The van der Waals surface area contributed by atoms with Gasteiger partial charge in [0.15, 0.2) is 0 Å². The molecule has 1 aromatic carbocycles. The molecular formula is C14H22BrNO2. The van der Waals surface area contributed by atoms with Gasteiger partial charge >= 0.3 is 6.09 Å². The highest BCUT2D eigenvalue weighted by molar-refractivity contribution is 9.10. The van der Waals surface area contributed by atoms with Crippen LogP contribution in [0.4, 0.5) is 10.5 Å². The number of ether oxygens (including phenoxy) is 1. The lowest BCUT2D eigenvalue weighted by Crippen LogP contribution is -2.27. The molecule has 0 aliphatic heterocycles. The first-order valence-corrected chi connectivity index (χ1v) is 6.83. The van der Waals surface area contributed by atoms with E-state index in [2.05, 4.69) is 21.2 Å². The first kappa shape index (κ1) is 17.0. The van der Waals surface area contributed by atoms with E-state index in [1.54, 1.807) is 0 Å². The molecule has 1 rings (SSSR count).